The predicted octanol–water partition coefficient (Wildman–Crippen LogP) is 2.41. The Kier molecular flexibility index (Phi) is 3.24. The Labute approximate surface area is 88.0 Å². The van der Waals surface area contributed by atoms with Crippen LogP contribution in [0.1, 0.15) is 31.6 Å². The van der Waals surface area contributed by atoms with Gasteiger partial charge in [0.15, 0.2) is 0 Å². The maximum atomic E-state index is 5.53. The van der Waals surface area contributed by atoms with Crippen molar-refractivity contribution < 1.29 is 4.42 Å². The molecule has 1 heterocycles. The number of hydrogen-bond donors (Lipinski definition) is 1. The van der Waals surface area contributed by atoms with Gasteiger partial charge < -0.3 is 9.73 Å². The van der Waals surface area contributed by atoms with Crippen molar-refractivity contribution >= 4 is 17.6 Å². The van der Waals surface area contributed by atoms with E-state index in [2.05, 4.69) is 15.5 Å². The van der Waals surface area contributed by atoms with Crippen LogP contribution in [0.4, 0.5) is 6.01 Å². The molecule has 1 fully saturated rings. The van der Waals surface area contributed by atoms with Crippen LogP contribution in [0.2, 0.25) is 0 Å². The van der Waals surface area contributed by atoms with Crippen molar-refractivity contribution in [3.05, 3.63) is 5.89 Å². The van der Waals surface area contributed by atoms with Gasteiger partial charge in [0.1, 0.15) is 5.88 Å². The number of aromatic nitrogens is 2. The minimum atomic E-state index is 0.275. The van der Waals surface area contributed by atoms with Crippen molar-refractivity contribution in [1.82, 2.24) is 10.2 Å². The molecule has 0 aliphatic heterocycles. The molecule has 0 spiro atoms. The Morgan fingerprint density at radius 1 is 1.43 bits per heavy atom. The lowest BCUT2D eigenvalue weighted by Crippen LogP contribution is -2.01. The van der Waals surface area contributed by atoms with Gasteiger partial charge in [0, 0.05) is 6.54 Å². The summed E-state index contributed by atoms with van der Waals surface area (Å²) >= 11 is 5.53. The summed E-state index contributed by atoms with van der Waals surface area (Å²) in [6.07, 6.45) is 5.31. The van der Waals surface area contributed by atoms with E-state index >= 15 is 0 Å². The predicted molar refractivity (Wildman–Crippen MR) is 54.3 cm³/mol. The summed E-state index contributed by atoms with van der Waals surface area (Å²) in [6.45, 7) is 0.903. The molecule has 0 radical (unpaired) electrons. The summed E-state index contributed by atoms with van der Waals surface area (Å²) in [5, 5.41) is 10.6. The summed E-state index contributed by atoms with van der Waals surface area (Å²) in [5.74, 6) is 1.73. The Balaban J connectivity index is 1.63. The Bertz CT molecular complexity index is 285. The van der Waals surface area contributed by atoms with E-state index in [0.29, 0.717) is 11.9 Å². The molecule has 1 aliphatic rings. The molecule has 78 valence electrons. The molecular weight excluding hydrogens is 202 g/mol. The van der Waals surface area contributed by atoms with E-state index in [1.165, 1.54) is 25.7 Å². The van der Waals surface area contributed by atoms with E-state index in [0.717, 1.165) is 12.5 Å². The van der Waals surface area contributed by atoms with Crippen LogP contribution in [-0.4, -0.2) is 16.7 Å². The van der Waals surface area contributed by atoms with Gasteiger partial charge in [0.25, 0.3) is 0 Å². The van der Waals surface area contributed by atoms with Crippen molar-refractivity contribution in [2.45, 2.75) is 31.6 Å². The summed E-state index contributed by atoms with van der Waals surface area (Å²) in [7, 11) is 0. The summed E-state index contributed by atoms with van der Waals surface area (Å²) in [5.41, 5.74) is 0. The maximum Gasteiger partial charge on any atom is 0.315 e. The molecule has 0 amide bonds. The van der Waals surface area contributed by atoms with Gasteiger partial charge in [-0.25, -0.2) is 0 Å². The van der Waals surface area contributed by atoms with E-state index < -0.39 is 0 Å². The lowest BCUT2D eigenvalue weighted by atomic mass is 10.2. The van der Waals surface area contributed by atoms with Gasteiger partial charge in [-0.15, -0.1) is 16.7 Å². The molecule has 14 heavy (non-hydrogen) atoms. The van der Waals surface area contributed by atoms with Gasteiger partial charge >= 0.3 is 6.01 Å². The molecule has 4 nitrogen and oxygen atoms in total. The first-order valence-electron chi connectivity index (χ1n) is 5.00. The third-order valence-corrected chi connectivity index (χ3v) is 2.57. The molecule has 5 heteroatoms. The number of nitrogens with one attached hydrogen (secondary N) is 1. The van der Waals surface area contributed by atoms with Crippen LogP contribution in [0.3, 0.4) is 0 Å². The van der Waals surface area contributed by atoms with Crippen LogP contribution in [0, 0.1) is 5.92 Å². The molecule has 0 bridgehead atoms. The van der Waals surface area contributed by atoms with Crippen molar-refractivity contribution in [2.24, 2.45) is 5.92 Å². The summed E-state index contributed by atoms with van der Waals surface area (Å²) in [4.78, 5) is 0. The second-order valence-electron chi connectivity index (χ2n) is 3.65. The fourth-order valence-corrected chi connectivity index (χ4v) is 1.48. The van der Waals surface area contributed by atoms with Crippen molar-refractivity contribution in [3.63, 3.8) is 0 Å². The molecule has 0 saturated heterocycles. The Hall–Kier alpha value is -0.770. The number of hydrogen-bond acceptors (Lipinski definition) is 4. The fourth-order valence-electron chi connectivity index (χ4n) is 1.37. The van der Waals surface area contributed by atoms with E-state index in [-0.39, 0.29) is 5.88 Å². The highest BCUT2D eigenvalue weighted by molar-refractivity contribution is 6.16. The van der Waals surface area contributed by atoms with Crippen molar-refractivity contribution in [3.8, 4) is 0 Å². The third-order valence-electron chi connectivity index (χ3n) is 2.34. The Morgan fingerprint density at radius 3 is 2.93 bits per heavy atom. The smallest absolute Gasteiger partial charge is 0.315 e. The average molecular weight is 216 g/mol. The molecule has 0 unspecified atom stereocenters. The number of anilines is 1. The second kappa shape index (κ2) is 4.64. The van der Waals surface area contributed by atoms with Gasteiger partial charge in [-0.3, -0.25) is 0 Å². The molecule has 0 aromatic carbocycles. The minimum absolute atomic E-state index is 0.275. The summed E-state index contributed by atoms with van der Waals surface area (Å²) in [6, 6.07) is 0.483. The van der Waals surface area contributed by atoms with Crippen LogP contribution in [0.25, 0.3) is 0 Å². The monoisotopic (exact) mass is 215 g/mol. The number of nitrogens with zero attached hydrogens (tertiary/aromatic N) is 2. The first kappa shape index (κ1) is 9.77. The maximum absolute atomic E-state index is 5.53. The first-order valence-corrected chi connectivity index (χ1v) is 5.54. The highest BCUT2D eigenvalue weighted by Crippen LogP contribution is 2.33. The van der Waals surface area contributed by atoms with Crippen LogP contribution in [-0.2, 0) is 5.88 Å². The number of alkyl halides is 1. The van der Waals surface area contributed by atoms with E-state index in [1.54, 1.807) is 0 Å². The van der Waals surface area contributed by atoms with Gasteiger partial charge in [-0.05, 0) is 18.8 Å². The number of rotatable bonds is 6. The highest BCUT2D eigenvalue weighted by Gasteiger charge is 2.20. The van der Waals surface area contributed by atoms with Gasteiger partial charge in [0.2, 0.25) is 5.89 Å². The quantitative estimate of drug-likeness (QED) is 0.585. The zero-order chi connectivity index (χ0) is 9.80. The zero-order valence-corrected chi connectivity index (χ0v) is 8.76. The second-order valence-corrected chi connectivity index (χ2v) is 3.91. The summed E-state index contributed by atoms with van der Waals surface area (Å²) < 4.78 is 5.19. The molecule has 1 saturated carbocycles. The topological polar surface area (TPSA) is 51.0 Å². The third kappa shape index (κ3) is 2.87. The van der Waals surface area contributed by atoms with Crippen LogP contribution in [0.15, 0.2) is 4.42 Å². The van der Waals surface area contributed by atoms with E-state index in [9.17, 15) is 0 Å². The standard InChI is InChI=1S/C9H14ClN3O/c10-6-8-12-13-9(14-8)11-5-1-2-7-3-4-7/h7H,1-6H2,(H,11,13). The lowest BCUT2D eigenvalue weighted by Gasteiger charge is -1.99. The molecule has 1 N–H and O–H groups in total. The molecule has 1 aromatic heterocycles. The van der Waals surface area contributed by atoms with Crippen LogP contribution in [0.5, 0.6) is 0 Å². The van der Waals surface area contributed by atoms with E-state index in [1.807, 2.05) is 0 Å². The minimum Gasteiger partial charge on any atom is -0.407 e. The molecule has 0 atom stereocenters. The first-order chi connectivity index (χ1) is 6.88. The molecule has 1 aliphatic carbocycles. The van der Waals surface area contributed by atoms with Gasteiger partial charge in [-0.2, -0.15) is 0 Å². The van der Waals surface area contributed by atoms with Crippen molar-refractivity contribution in [2.75, 3.05) is 11.9 Å². The van der Waals surface area contributed by atoms with Crippen molar-refractivity contribution in [1.29, 1.82) is 0 Å². The molecule has 2 rings (SSSR count). The SMILES string of the molecule is ClCc1nnc(NCCCC2CC2)o1. The highest BCUT2D eigenvalue weighted by atomic mass is 35.5. The van der Waals surface area contributed by atoms with Gasteiger partial charge in [-0.1, -0.05) is 17.9 Å². The number of halogens is 1. The lowest BCUT2D eigenvalue weighted by molar-refractivity contribution is 0.523. The van der Waals surface area contributed by atoms with E-state index in [4.69, 9.17) is 16.0 Å². The zero-order valence-electron chi connectivity index (χ0n) is 8.00. The Morgan fingerprint density at radius 2 is 2.29 bits per heavy atom. The molecular formula is C9H14ClN3O. The normalized spacial score (nSPS) is 15.8. The van der Waals surface area contributed by atoms with Crippen LogP contribution >= 0.6 is 11.6 Å². The molecule has 1 aromatic rings. The van der Waals surface area contributed by atoms with Gasteiger partial charge in [0.05, 0.1) is 0 Å². The average Bonchev–Trinajstić information content (AvgIpc) is 2.91. The van der Waals surface area contributed by atoms with Crippen LogP contribution < -0.4 is 5.32 Å². The fraction of sp³-hybridized carbons (Fsp3) is 0.778. The largest absolute Gasteiger partial charge is 0.407 e.